The number of carbonyl (C=O) groups excluding carboxylic acids is 1. The molecule has 0 bridgehead atoms. The predicted octanol–water partition coefficient (Wildman–Crippen LogP) is 1.44. The summed E-state index contributed by atoms with van der Waals surface area (Å²) >= 11 is 1.24. The van der Waals surface area contributed by atoms with Crippen molar-refractivity contribution in [2.75, 3.05) is 19.0 Å². The summed E-state index contributed by atoms with van der Waals surface area (Å²) < 4.78 is 17.8. The highest BCUT2D eigenvalue weighted by molar-refractivity contribution is 7.99. The Morgan fingerprint density at radius 1 is 1.23 bits per heavy atom. The van der Waals surface area contributed by atoms with Crippen LogP contribution >= 0.6 is 11.8 Å². The molecule has 0 aliphatic carbocycles. The van der Waals surface area contributed by atoms with Crippen LogP contribution in [0.1, 0.15) is 5.76 Å². The van der Waals surface area contributed by atoms with Gasteiger partial charge in [-0.1, -0.05) is 11.8 Å². The van der Waals surface area contributed by atoms with Gasteiger partial charge in [-0.05, 0) is 34.7 Å². The molecule has 10 heteroatoms. The molecule has 9 nitrogen and oxygen atoms in total. The molecule has 26 heavy (non-hydrogen) atoms. The summed E-state index contributed by atoms with van der Waals surface area (Å²) in [7, 11) is 0. The molecule has 4 rings (SSSR count). The van der Waals surface area contributed by atoms with E-state index < -0.39 is 0 Å². The molecule has 0 atom stereocenters. The number of tetrazole rings is 1. The fourth-order valence-corrected chi connectivity index (χ4v) is 3.10. The number of rotatable bonds is 6. The molecule has 1 N–H and O–H groups in total. The second-order valence-corrected chi connectivity index (χ2v) is 6.29. The van der Waals surface area contributed by atoms with Crippen molar-refractivity contribution in [1.29, 1.82) is 0 Å². The first-order valence-corrected chi connectivity index (χ1v) is 8.88. The Labute approximate surface area is 152 Å². The average Bonchev–Trinajstić information content (AvgIpc) is 3.36. The number of furan rings is 1. The monoisotopic (exact) mass is 373 g/mol. The summed E-state index contributed by atoms with van der Waals surface area (Å²) in [6, 6.07) is 9.04. The van der Waals surface area contributed by atoms with Crippen molar-refractivity contribution in [3.05, 3.63) is 42.4 Å². The molecule has 3 heterocycles. The van der Waals surface area contributed by atoms with Gasteiger partial charge in [0.2, 0.25) is 11.1 Å². The minimum Gasteiger partial charge on any atom is -0.486 e. The van der Waals surface area contributed by atoms with Crippen LogP contribution in [0.25, 0.3) is 5.69 Å². The van der Waals surface area contributed by atoms with Crippen LogP contribution in [0.3, 0.4) is 0 Å². The third-order valence-electron chi connectivity index (χ3n) is 3.58. The Morgan fingerprint density at radius 2 is 2.12 bits per heavy atom. The maximum Gasteiger partial charge on any atom is 0.230 e. The fraction of sp³-hybridized carbons (Fsp3) is 0.250. The molecule has 0 fully saturated rings. The van der Waals surface area contributed by atoms with Crippen molar-refractivity contribution >= 4 is 17.7 Å². The van der Waals surface area contributed by atoms with E-state index in [4.69, 9.17) is 13.9 Å². The molecule has 1 aromatic carbocycles. The zero-order chi connectivity index (χ0) is 17.8. The lowest BCUT2D eigenvalue weighted by molar-refractivity contribution is -0.118. The Kier molecular flexibility index (Phi) is 4.73. The first-order chi connectivity index (χ1) is 12.8. The van der Waals surface area contributed by atoms with Crippen molar-refractivity contribution in [3.8, 4) is 17.2 Å². The van der Waals surface area contributed by atoms with E-state index in [-0.39, 0.29) is 11.7 Å². The topological polar surface area (TPSA) is 104 Å². The average molecular weight is 373 g/mol. The lowest BCUT2D eigenvalue weighted by Gasteiger charge is -2.18. The van der Waals surface area contributed by atoms with Gasteiger partial charge in [0.1, 0.15) is 19.0 Å². The van der Waals surface area contributed by atoms with Crippen molar-refractivity contribution < 1.29 is 18.7 Å². The Morgan fingerprint density at radius 3 is 2.96 bits per heavy atom. The minimum absolute atomic E-state index is 0.136. The molecule has 0 saturated heterocycles. The van der Waals surface area contributed by atoms with E-state index in [1.54, 1.807) is 23.1 Å². The van der Waals surface area contributed by atoms with E-state index in [1.807, 2.05) is 18.2 Å². The zero-order valence-corrected chi connectivity index (χ0v) is 14.4. The molecular formula is C16H15N5O4S. The van der Waals surface area contributed by atoms with Crippen molar-refractivity contribution in [1.82, 2.24) is 25.5 Å². The molecule has 2 aromatic heterocycles. The Balaban J connectivity index is 1.40. The lowest BCUT2D eigenvalue weighted by Crippen LogP contribution is -2.24. The summed E-state index contributed by atoms with van der Waals surface area (Å²) in [5.74, 6) is 2.09. The Hall–Kier alpha value is -3.01. The van der Waals surface area contributed by atoms with Crippen LogP contribution in [-0.4, -0.2) is 45.1 Å². The number of aromatic nitrogens is 4. The van der Waals surface area contributed by atoms with E-state index in [2.05, 4.69) is 20.8 Å². The predicted molar refractivity (Wildman–Crippen MR) is 91.4 cm³/mol. The van der Waals surface area contributed by atoms with Crippen LogP contribution in [0.2, 0.25) is 0 Å². The second kappa shape index (κ2) is 7.48. The van der Waals surface area contributed by atoms with Crippen LogP contribution in [0.15, 0.2) is 46.2 Å². The van der Waals surface area contributed by atoms with Crippen LogP contribution in [0, 0.1) is 0 Å². The van der Waals surface area contributed by atoms with Crippen molar-refractivity contribution in [2.45, 2.75) is 11.7 Å². The number of amides is 1. The van der Waals surface area contributed by atoms with E-state index >= 15 is 0 Å². The van der Waals surface area contributed by atoms with Gasteiger partial charge in [0.15, 0.2) is 11.5 Å². The number of ether oxygens (including phenoxy) is 2. The van der Waals surface area contributed by atoms with E-state index in [0.717, 1.165) is 5.69 Å². The number of nitrogens with one attached hydrogen (secondary N) is 1. The number of nitrogens with zero attached hydrogens (tertiary/aromatic N) is 4. The molecule has 0 saturated carbocycles. The summed E-state index contributed by atoms with van der Waals surface area (Å²) in [6.45, 7) is 1.38. The van der Waals surface area contributed by atoms with Crippen LogP contribution in [0.5, 0.6) is 11.5 Å². The van der Waals surface area contributed by atoms with Gasteiger partial charge in [-0.2, -0.15) is 4.68 Å². The fourth-order valence-electron chi connectivity index (χ4n) is 2.37. The molecule has 1 aliphatic rings. The summed E-state index contributed by atoms with van der Waals surface area (Å²) in [4.78, 5) is 12.0. The smallest absolute Gasteiger partial charge is 0.230 e. The second-order valence-electron chi connectivity index (χ2n) is 5.35. The SMILES string of the molecule is O=C(CSc1nnnn1-c1ccc2c(c1)OCCO2)NCc1ccco1. The quantitative estimate of drug-likeness (QED) is 0.647. The first-order valence-electron chi connectivity index (χ1n) is 7.90. The normalized spacial score (nSPS) is 12.8. The molecule has 0 spiro atoms. The highest BCUT2D eigenvalue weighted by Gasteiger charge is 2.16. The van der Waals surface area contributed by atoms with Gasteiger partial charge in [-0.15, -0.1) is 5.10 Å². The number of hydrogen-bond acceptors (Lipinski definition) is 8. The number of hydrogen-bond donors (Lipinski definition) is 1. The van der Waals surface area contributed by atoms with Gasteiger partial charge in [0, 0.05) is 6.07 Å². The number of thioether (sulfide) groups is 1. The van der Waals surface area contributed by atoms with E-state index in [9.17, 15) is 4.79 Å². The van der Waals surface area contributed by atoms with Crippen molar-refractivity contribution in [2.24, 2.45) is 0 Å². The molecule has 1 aliphatic heterocycles. The molecule has 134 valence electrons. The lowest BCUT2D eigenvalue weighted by atomic mass is 10.2. The first kappa shape index (κ1) is 16.5. The third-order valence-corrected chi connectivity index (χ3v) is 4.50. The molecular weight excluding hydrogens is 358 g/mol. The highest BCUT2D eigenvalue weighted by atomic mass is 32.2. The third kappa shape index (κ3) is 3.64. The molecule has 1 amide bonds. The summed E-state index contributed by atoms with van der Waals surface area (Å²) in [6.07, 6.45) is 1.57. The minimum atomic E-state index is -0.136. The van der Waals surface area contributed by atoms with Gasteiger partial charge in [-0.3, -0.25) is 4.79 Å². The van der Waals surface area contributed by atoms with Gasteiger partial charge in [0.25, 0.3) is 0 Å². The van der Waals surface area contributed by atoms with Crippen LogP contribution in [-0.2, 0) is 11.3 Å². The van der Waals surface area contributed by atoms with Gasteiger partial charge < -0.3 is 19.2 Å². The highest BCUT2D eigenvalue weighted by Crippen LogP contribution is 2.32. The van der Waals surface area contributed by atoms with Gasteiger partial charge in [-0.25, -0.2) is 0 Å². The molecule has 0 unspecified atom stereocenters. The van der Waals surface area contributed by atoms with Crippen molar-refractivity contribution in [3.63, 3.8) is 0 Å². The van der Waals surface area contributed by atoms with Gasteiger partial charge in [0.05, 0.1) is 24.2 Å². The van der Waals surface area contributed by atoms with Crippen LogP contribution < -0.4 is 14.8 Å². The number of benzene rings is 1. The summed E-state index contributed by atoms with van der Waals surface area (Å²) in [5, 5.41) is 15.0. The number of carbonyl (C=O) groups is 1. The van der Waals surface area contributed by atoms with E-state index in [1.165, 1.54) is 11.8 Å². The summed E-state index contributed by atoms with van der Waals surface area (Å²) in [5.41, 5.74) is 0.734. The number of fused-ring (bicyclic) bond motifs is 1. The molecule has 0 radical (unpaired) electrons. The zero-order valence-electron chi connectivity index (χ0n) is 13.6. The standard InChI is InChI=1S/C16H15N5O4S/c22-15(17-9-12-2-1-5-23-12)10-26-16-18-19-20-21(16)11-3-4-13-14(8-11)25-7-6-24-13/h1-5,8H,6-7,9-10H2,(H,17,22). The largest absolute Gasteiger partial charge is 0.486 e. The van der Waals surface area contributed by atoms with E-state index in [0.29, 0.717) is 42.2 Å². The van der Waals surface area contributed by atoms with Crippen LogP contribution in [0.4, 0.5) is 0 Å². The van der Waals surface area contributed by atoms with Gasteiger partial charge >= 0.3 is 0 Å². The maximum absolute atomic E-state index is 12.0. The molecule has 3 aromatic rings. The Bertz CT molecular complexity index is 896. The maximum atomic E-state index is 12.0.